The van der Waals surface area contributed by atoms with Gasteiger partial charge in [-0.25, -0.2) is 9.97 Å². The number of hydrogen-bond donors (Lipinski definition) is 2. The summed E-state index contributed by atoms with van der Waals surface area (Å²) in [7, 11) is 6.16. The first-order valence-corrected chi connectivity index (χ1v) is 7.80. The molecular formula is C17H22N4O5. The van der Waals surface area contributed by atoms with E-state index in [0.29, 0.717) is 36.1 Å². The van der Waals surface area contributed by atoms with E-state index >= 15 is 0 Å². The Hall–Kier alpha value is -3.07. The van der Waals surface area contributed by atoms with Crippen LogP contribution in [0.15, 0.2) is 24.4 Å². The number of carbonyl (C=O) groups is 1. The van der Waals surface area contributed by atoms with Crippen LogP contribution in [0, 0.1) is 0 Å². The number of amides is 1. The fourth-order valence-corrected chi connectivity index (χ4v) is 2.18. The average molecular weight is 362 g/mol. The molecule has 0 aliphatic heterocycles. The molecule has 2 aromatic rings. The minimum atomic E-state index is -0.308. The van der Waals surface area contributed by atoms with Gasteiger partial charge < -0.3 is 29.6 Å². The molecule has 1 amide bonds. The minimum Gasteiger partial charge on any atom is -0.493 e. The molecule has 140 valence electrons. The van der Waals surface area contributed by atoms with E-state index in [1.54, 1.807) is 19.2 Å². The van der Waals surface area contributed by atoms with Crippen molar-refractivity contribution in [3.05, 3.63) is 30.1 Å². The first kappa shape index (κ1) is 19.3. The zero-order valence-corrected chi connectivity index (χ0v) is 15.2. The maximum Gasteiger partial charge on any atom is 0.270 e. The van der Waals surface area contributed by atoms with Crippen molar-refractivity contribution in [3.8, 4) is 17.2 Å². The Morgan fingerprint density at radius 2 is 1.77 bits per heavy atom. The summed E-state index contributed by atoms with van der Waals surface area (Å²) >= 11 is 0. The van der Waals surface area contributed by atoms with Gasteiger partial charge in [0.05, 0.1) is 27.9 Å². The summed E-state index contributed by atoms with van der Waals surface area (Å²) in [6.07, 6.45) is 1.50. The summed E-state index contributed by atoms with van der Waals surface area (Å²) in [6, 6.07) is 4.97. The molecule has 0 aliphatic rings. The third-order valence-corrected chi connectivity index (χ3v) is 3.40. The van der Waals surface area contributed by atoms with E-state index in [1.807, 2.05) is 0 Å². The van der Waals surface area contributed by atoms with Crippen LogP contribution in [0.25, 0.3) is 0 Å². The number of rotatable bonds is 9. The molecule has 2 N–H and O–H groups in total. The van der Waals surface area contributed by atoms with Gasteiger partial charge in [0.1, 0.15) is 5.69 Å². The minimum absolute atomic E-state index is 0.242. The van der Waals surface area contributed by atoms with E-state index in [9.17, 15) is 4.79 Å². The second kappa shape index (κ2) is 9.42. The van der Waals surface area contributed by atoms with Gasteiger partial charge in [0, 0.05) is 37.7 Å². The van der Waals surface area contributed by atoms with Crippen molar-refractivity contribution < 1.29 is 23.7 Å². The van der Waals surface area contributed by atoms with Crippen LogP contribution in [-0.4, -0.2) is 57.5 Å². The molecule has 1 heterocycles. The summed E-state index contributed by atoms with van der Waals surface area (Å²) in [6.45, 7) is 0.822. The molecule has 2 rings (SSSR count). The highest BCUT2D eigenvalue weighted by molar-refractivity contribution is 5.92. The van der Waals surface area contributed by atoms with Gasteiger partial charge in [-0.05, 0) is 6.07 Å². The molecule has 0 unspecified atom stereocenters. The van der Waals surface area contributed by atoms with Gasteiger partial charge in [-0.1, -0.05) is 0 Å². The van der Waals surface area contributed by atoms with Crippen molar-refractivity contribution >= 4 is 17.5 Å². The first-order valence-electron chi connectivity index (χ1n) is 7.80. The maximum absolute atomic E-state index is 12.1. The molecule has 0 spiro atoms. The van der Waals surface area contributed by atoms with Crippen LogP contribution in [0.5, 0.6) is 17.2 Å². The van der Waals surface area contributed by atoms with Crippen LogP contribution >= 0.6 is 0 Å². The third-order valence-electron chi connectivity index (χ3n) is 3.40. The summed E-state index contributed by atoms with van der Waals surface area (Å²) in [5, 5.41) is 5.73. The van der Waals surface area contributed by atoms with Crippen LogP contribution in [-0.2, 0) is 4.74 Å². The topological polar surface area (TPSA) is 104 Å². The Labute approximate surface area is 151 Å². The fourth-order valence-electron chi connectivity index (χ4n) is 2.18. The Morgan fingerprint density at radius 1 is 1.08 bits per heavy atom. The summed E-state index contributed by atoms with van der Waals surface area (Å²) < 4.78 is 20.8. The van der Waals surface area contributed by atoms with E-state index in [0.717, 1.165) is 0 Å². The van der Waals surface area contributed by atoms with Crippen molar-refractivity contribution in [3.63, 3.8) is 0 Å². The maximum atomic E-state index is 12.1. The van der Waals surface area contributed by atoms with Gasteiger partial charge in [0.2, 0.25) is 11.7 Å². The zero-order valence-electron chi connectivity index (χ0n) is 15.2. The first-order chi connectivity index (χ1) is 12.6. The van der Waals surface area contributed by atoms with E-state index < -0.39 is 0 Å². The largest absolute Gasteiger partial charge is 0.493 e. The Kier molecular flexibility index (Phi) is 6.98. The number of benzene rings is 1. The fraction of sp³-hybridized carbons (Fsp3) is 0.353. The summed E-state index contributed by atoms with van der Waals surface area (Å²) in [5.41, 5.74) is 0.863. The van der Waals surface area contributed by atoms with Crippen LogP contribution < -0.4 is 24.8 Å². The molecule has 0 fully saturated rings. The van der Waals surface area contributed by atoms with Gasteiger partial charge in [-0.15, -0.1) is 0 Å². The zero-order chi connectivity index (χ0) is 18.9. The molecule has 9 heteroatoms. The molecule has 0 saturated carbocycles. The normalized spacial score (nSPS) is 10.2. The van der Waals surface area contributed by atoms with E-state index in [4.69, 9.17) is 18.9 Å². The van der Waals surface area contributed by atoms with Crippen molar-refractivity contribution in [2.24, 2.45) is 0 Å². The molecule has 1 aromatic heterocycles. The number of nitrogens with zero attached hydrogens (tertiary/aromatic N) is 2. The van der Waals surface area contributed by atoms with E-state index in [-0.39, 0.29) is 17.5 Å². The molecule has 1 aromatic carbocycles. The number of aromatic nitrogens is 2. The number of ether oxygens (including phenoxy) is 4. The standard InChI is InChI=1S/C17H22N4O5/c1-23-8-7-18-16(22)12-5-6-19-17(21-12)20-11-9-13(24-2)15(26-4)14(10-11)25-3/h5-6,9-10H,7-8H2,1-4H3,(H,18,22)(H,19,20,21). The second-order valence-corrected chi connectivity index (χ2v) is 5.05. The summed E-state index contributed by atoms with van der Waals surface area (Å²) in [5.74, 6) is 1.41. The highest BCUT2D eigenvalue weighted by Gasteiger charge is 2.14. The quantitative estimate of drug-likeness (QED) is 0.649. The molecule has 0 aliphatic carbocycles. The van der Waals surface area contributed by atoms with Gasteiger partial charge in [0.15, 0.2) is 11.5 Å². The monoisotopic (exact) mass is 362 g/mol. The van der Waals surface area contributed by atoms with Crippen LogP contribution in [0.1, 0.15) is 10.5 Å². The second-order valence-electron chi connectivity index (χ2n) is 5.05. The lowest BCUT2D eigenvalue weighted by atomic mass is 10.2. The predicted molar refractivity (Wildman–Crippen MR) is 95.6 cm³/mol. The summed E-state index contributed by atoms with van der Waals surface area (Å²) in [4.78, 5) is 20.4. The molecule has 0 radical (unpaired) electrons. The van der Waals surface area contributed by atoms with Crippen LogP contribution in [0.3, 0.4) is 0 Å². The third kappa shape index (κ3) is 4.73. The SMILES string of the molecule is COCCNC(=O)c1ccnc(Nc2cc(OC)c(OC)c(OC)c2)n1. The molecule has 0 saturated heterocycles. The van der Waals surface area contributed by atoms with E-state index in [1.165, 1.54) is 33.6 Å². The average Bonchev–Trinajstić information content (AvgIpc) is 2.67. The Morgan fingerprint density at radius 3 is 2.35 bits per heavy atom. The van der Waals surface area contributed by atoms with Gasteiger partial charge >= 0.3 is 0 Å². The van der Waals surface area contributed by atoms with Crippen molar-refractivity contribution in [1.82, 2.24) is 15.3 Å². The smallest absolute Gasteiger partial charge is 0.270 e. The molecular weight excluding hydrogens is 340 g/mol. The lowest BCUT2D eigenvalue weighted by Gasteiger charge is -2.14. The predicted octanol–water partition coefficient (Wildman–Crippen LogP) is 1.62. The van der Waals surface area contributed by atoms with Crippen molar-refractivity contribution in [2.45, 2.75) is 0 Å². The molecule has 9 nitrogen and oxygen atoms in total. The van der Waals surface area contributed by atoms with Gasteiger partial charge in [-0.2, -0.15) is 0 Å². The van der Waals surface area contributed by atoms with Gasteiger partial charge in [-0.3, -0.25) is 4.79 Å². The number of methoxy groups -OCH3 is 4. The lowest BCUT2D eigenvalue weighted by molar-refractivity contribution is 0.0932. The number of anilines is 2. The highest BCUT2D eigenvalue weighted by Crippen LogP contribution is 2.40. The molecule has 0 bridgehead atoms. The van der Waals surface area contributed by atoms with Crippen LogP contribution in [0.4, 0.5) is 11.6 Å². The molecule has 0 atom stereocenters. The van der Waals surface area contributed by atoms with Crippen molar-refractivity contribution in [2.75, 3.05) is 46.9 Å². The number of nitrogens with one attached hydrogen (secondary N) is 2. The van der Waals surface area contributed by atoms with Gasteiger partial charge in [0.25, 0.3) is 5.91 Å². The highest BCUT2D eigenvalue weighted by atomic mass is 16.5. The number of hydrogen-bond acceptors (Lipinski definition) is 8. The lowest BCUT2D eigenvalue weighted by Crippen LogP contribution is -2.27. The number of carbonyl (C=O) groups excluding carboxylic acids is 1. The van der Waals surface area contributed by atoms with E-state index in [2.05, 4.69) is 20.6 Å². The molecule has 26 heavy (non-hydrogen) atoms. The Balaban J connectivity index is 2.21. The Bertz CT molecular complexity index is 729. The van der Waals surface area contributed by atoms with Crippen LogP contribution in [0.2, 0.25) is 0 Å². The van der Waals surface area contributed by atoms with Crippen molar-refractivity contribution in [1.29, 1.82) is 0 Å².